The summed E-state index contributed by atoms with van der Waals surface area (Å²) < 4.78 is 5.75. The molecule has 3 rings (SSSR count). The Hall–Kier alpha value is -2.13. The van der Waals surface area contributed by atoms with Crippen LogP contribution in [0.2, 0.25) is 0 Å². The molecule has 0 amide bonds. The average molecular weight is 267 g/mol. The molecule has 0 spiro atoms. The number of hydrogen-bond donors (Lipinski definition) is 1. The minimum Gasteiger partial charge on any atom is -0.458 e. The fourth-order valence-corrected chi connectivity index (χ4v) is 2.46. The van der Waals surface area contributed by atoms with Crippen LogP contribution in [0.25, 0.3) is 11.0 Å². The van der Waals surface area contributed by atoms with E-state index in [-0.39, 0.29) is 0 Å². The Balaban J connectivity index is 2.05. The second kappa shape index (κ2) is 4.76. The van der Waals surface area contributed by atoms with E-state index in [2.05, 4.69) is 11.1 Å². The lowest BCUT2D eigenvalue weighted by Gasteiger charge is -2.11. The molecule has 0 bridgehead atoms. The van der Waals surface area contributed by atoms with Crippen LogP contribution in [0.3, 0.4) is 0 Å². The fraction of sp³-hybridized carbons (Fsp3) is 0.235. The van der Waals surface area contributed by atoms with Gasteiger partial charge >= 0.3 is 0 Å². The highest BCUT2D eigenvalue weighted by molar-refractivity contribution is 5.78. The third-order valence-corrected chi connectivity index (χ3v) is 3.52. The number of nitrogens with zero attached hydrogens (tertiary/aromatic N) is 1. The predicted molar refractivity (Wildman–Crippen MR) is 78.7 cm³/mol. The highest BCUT2D eigenvalue weighted by Crippen LogP contribution is 2.29. The number of fused-ring (bicyclic) bond motifs is 1. The first kappa shape index (κ1) is 12.9. The SMILES string of the molecule is Cc1ccc2oc(C(O)c3ccc(C)nc3C)cc2c1. The van der Waals surface area contributed by atoms with Crippen molar-refractivity contribution < 1.29 is 9.52 Å². The Labute approximate surface area is 117 Å². The Morgan fingerprint density at radius 2 is 1.85 bits per heavy atom. The summed E-state index contributed by atoms with van der Waals surface area (Å²) in [5.74, 6) is 0.555. The van der Waals surface area contributed by atoms with Crippen molar-refractivity contribution in [3.8, 4) is 0 Å². The molecule has 0 aliphatic rings. The molecular formula is C17H17NO2. The molecule has 3 heteroatoms. The zero-order valence-corrected chi connectivity index (χ0v) is 11.8. The van der Waals surface area contributed by atoms with Gasteiger partial charge in [-0.2, -0.15) is 0 Å². The number of furan rings is 1. The average Bonchev–Trinajstić information content (AvgIpc) is 2.81. The number of rotatable bonds is 2. The molecule has 1 atom stereocenters. The van der Waals surface area contributed by atoms with Crippen LogP contribution >= 0.6 is 0 Å². The van der Waals surface area contributed by atoms with E-state index in [0.717, 1.165) is 27.9 Å². The first-order valence-electron chi connectivity index (χ1n) is 6.67. The summed E-state index contributed by atoms with van der Waals surface area (Å²) in [5.41, 5.74) is 4.52. The summed E-state index contributed by atoms with van der Waals surface area (Å²) in [5, 5.41) is 11.5. The van der Waals surface area contributed by atoms with Gasteiger partial charge in [0.25, 0.3) is 0 Å². The number of aromatic nitrogens is 1. The Bertz CT molecular complexity index is 774. The number of aliphatic hydroxyl groups is 1. The van der Waals surface area contributed by atoms with E-state index < -0.39 is 6.10 Å². The number of aliphatic hydroxyl groups excluding tert-OH is 1. The molecule has 0 fully saturated rings. The normalized spacial score (nSPS) is 12.8. The summed E-state index contributed by atoms with van der Waals surface area (Å²) in [7, 11) is 0. The van der Waals surface area contributed by atoms with Crippen molar-refractivity contribution in [2.75, 3.05) is 0 Å². The molecule has 0 saturated carbocycles. The Morgan fingerprint density at radius 3 is 2.60 bits per heavy atom. The molecule has 0 aliphatic carbocycles. The summed E-state index contributed by atoms with van der Waals surface area (Å²) in [6.07, 6.45) is -0.782. The van der Waals surface area contributed by atoms with Crippen LogP contribution < -0.4 is 0 Å². The molecule has 2 heterocycles. The van der Waals surface area contributed by atoms with Gasteiger partial charge in [0.2, 0.25) is 0 Å². The second-order valence-corrected chi connectivity index (χ2v) is 5.22. The van der Waals surface area contributed by atoms with Crippen LogP contribution in [0, 0.1) is 20.8 Å². The van der Waals surface area contributed by atoms with Gasteiger partial charge in [-0.15, -0.1) is 0 Å². The standard InChI is InChI=1S/C17H17NO2/c1-10-4-7-15-13(8-10)9-16(20-15)17(19)14-6-5-11(2)18-12(14)3/h4-9,17,19H,1-3H3. The molecule has 1 aromatic carbocycles. The maximum Gasteiger partial charge on any atom is 0.138 e. The highest BCUT2D eigenvalue weighted by Gasteiger charge is 2.18. The molecule has 1 unspecified atom stereocenters. The van der Waals surface area contributed by atoms with Crippen LogP contribution in [0.15, 0.2) is 40.8 Å². The van der Waals surface area contributed by atoms with Crippen molar-refractivity contribution in [1.29, 1.82) is 0 Å². The molecule has 3 nitrogen and oxygen atoms in total. The van der Waals surface area contributed by atoms with E-state index >= 15 is 0 Å². The van der Waals surface area contributed by atoms with Gasteiger partial charge in [-0.05, 0) is 45.0 Å². The molecule has 3 aromatic rings. The third-order valence-electron chi connectivity index (χ3n) is 3.52. The van der Waals surface area contributed by atoms with Crippen LogP contribution in [0.1, 0.15) is 34.4 Å². The van der Waals surface area contributed by atoms with E-state index in [9.17, 15) is 5.11 Å². The van der Waals surface area contributed by atoms with Crippen LogP contribution in [0.5, 0.6) is 0 Å². The predicted octanol–water partition coefficient (Wildman–Crippen LogP) is 3.83. The molecular weight excluding hydrogens is 250 g/mol. The largest absolute Gasteiger partial charge is 0.458 e. The molecule has 0 saturated heterocycles. The van der Waals surface area contributed by atoms with Gasteiger partial charge in [-0.25, -0.2) is 0 Å². The van der Waals surface area contributed by atoms with Gasteiger partial charge in [0, 0.05) is 22.3 Å². The highest BCUT2D eigenvalue weighted by atomic mass is 16.4. The van der Waals surface area contributed by atoms with Crippen LogP contribution in [-0.2, 0) is 0 Å². The number of pyridine rings is 1. The maximum absolute atomic E-state index is 10.5. The summed E-state index contributed by atoms with van der Waals surface area (Å²) in [6, 6.07) is 11.7. The zero-order chi connectivity index (χ0) is 14.3. The summed E-state index contributed by atoms with van der Waals surface area (Å²) in [4.78, 5) is 4.39. The minimum absolute atomic E-state index is 0.555. The van der Waals surface area contributed by atoms with Gasteiger partial charge in [-0.3, -0.25) is 4.98 Å². The minimum atomic E-state index is -0.782. The quantitative estimate of drug-likeness (QED) is 0.767. The van der Waals surface area contributed by atoms with E-state index in [1.54, 1.807) is 0 Å². The lowest BCUT2D eigenvalue weighted by Crippen LogP contribution is -2.03. The monoisotopic (exact) mass is 267 g/mol. The van der Waals surface area contributed by atoms with E-state index in [4.69, 9.17) is 4.42 Å². The van der Waals surface area contributed by atoms with Crippen LogP contribution in [0.4, 0.5) is 0 Å². The molecule has 102 valence electrons. The van der Waals surface area contributed by atoms with Crippen molar-refractivity contribution in [2.45, 2.75) is 26.9 Å². The molecule has 20 heavy (non-hydrogen) atoms. The van der Waals surface area contributed by atoms with Crippen molar-refractivity contribution in [3.05, 3.63) is 64.7 Å². The topological polar surface area (TPSA) is 46.3 Å². The van der Waals surface area contributed by atoms with Gasteiger partial charge in [0.1, 0.15) is 17.4 Å². The first-order valence-corrected chi connectivity index (χ1v) is 6.67. The second-order valence-electron chi connectivity index (χ2n) is 5.22. The van der Waals surface area contributed by atoms with Crippen molar-refractivity contribution >= 4 is 11.0 Å². The molecule has 2 aromatic heterocycles. The van der Waals surface area contributed by atoms with Gasteiger partial charge in [-0.1, -0.05) is 17.7 Å². The van der Waals surface area contributed by atoms with Crippen molar-refractivity contribution in [1.82, 2.24) is 4.98 Å². The molecule has 0 radical (unpaired) electrons. The van der Waals surface area contributed by atoms with E-state index in [0.29, 0.717) is 5.76 Å². The summed E-state index contributed by atoms with van der Waals surface area (Å²) >= 11 is 0. The lowest BCUT2D eigenvalue weighted by atomic mass is 10.1. The maximum atomic E-state index is 10.5. The third kappa shape index (κ3) is 2.21. The zero-order valence-electron chi connectivity index (χ0n) is 11.8. The summed E-state index contributed by atoms with van der Waals surface area (Å²) in [6.45, 7) is 5.88. The van der Waals surface area contributed by atoms with E-state index in [1.165, 1.54) is 5.56 Å². The van der Waals surface area contributed by atoms with Gasteiger partial charge in [0.15, 0.2) is 0 Å². The van der Waals surface area contributed by atoms with Crippen LogP contribution in [-0.4, -0.2) is 10.1 Å². The van der Waals surface area contributed by atoms with E-state index in [1.807, 2.05) is 51.1 Å². The first-order chi connectivity index (χ1) is 9.54. The fourth-order valence-electron chi connectivity index (χ4n) is 2.46. The smallest absolute Gasteiger partial charge is 0.138 e. The number of benzene rings is 1. The lowest BCUT2D eigenvalue weighted by molar-refractivity contribution is 0.191. The Morgan fingerprint density at radius 1 is 1.05 bits per heavy atom. The molecule has 0 aliphatic heterocycles. The number of hydrogen-bond acceptors (Lipinski definition) is 3. The molecule has 1 N–H and O–H groups in total. The number of aryl methyl sites for hydroxylation is 3. The Kier molecular flexibility index (Phi) is 3.07. The van der Waals surface area contributed by atoms with Crippen molar-refractivity contribution in [2.24, 2.45) is 0 Å². The van der Waals surface area contributed by atoms with Gasteiger partial charge < -0.3 is 9.52 Å². The van der Waals surface area contributed by atoms with Crippen molar-refractivity contribution in [3.63, 3.8) is 0 Å². The van der Waals surface area contributed by atoms with Gasteiger partial charge in [0.05, 0.1) is 0 Å².